The van der Waals surface area contributed by atoms with E-state index in [9.17, 15) is 19.8 Å². The minimum atomic E-state index is -0.356. The molecule has 2 aromatic rings. The van der Waals surface area contributed by atoms with Gasteiger partial charge in [0, 0.05) is 36.8 Å². The van der Waals surface area contributed by atoms with Gasteiger partial charge >= 0.3 is 0 Å². The van der Waals surface area contributed by atoms with Crippen LogP contribution < -0.4 is 14.2 Å². The topological polar surface area (TPSA) is 106 Å². The third-order valence-electron chi connectivity index (χ3n) is 5.10. The second-order valence-corrected chi connectivity index (χ2v) is 6.85. The van der Waals surface area contributed by atoms with Gasteiger partial charge in [-0.25, -0.2) is 0 Å². The fraction of sp³-hybridized carbons (Fsp3) is 0.364. The van der Waals surface area contributed by atoms with Crippen LogP contribution in [-0.2, 0) is 6.54 Å². The summed E-state index contributed by atoms with van der Waals surface area (Å²) in [4.78, 5) is 28.5. The molecule has 2 aromatic carbocycles. The van der Waals surface area contributed by atoms with E-state index < -0.39 is 0 Å². The van der Waals surface area contributed by atoms with Crippen molar-refractivity contribution in [3.8, 4) is 17.2 Å². The van der Waals surface area contributed by atoms with Crippen molar-refractivity contribution < 1.29 is 34.0 Å². The van der Waals surface area contributed by atoms with Gasteiger partial charge in [0.2, 0.25) is 5.78 Å². The van der Waals surface area contributed by atoms with Crippen molar-refractivity contribution in [3.05, 3.63) is 52.1 Å². The first kappa shape index (κ1) is 21.8. The van der Waals surface area contributed by atoms with Crippen LogP contribution >= 0.6 is 0 Å². The van der Waals surface area contributed by atoms with E-state index in [0.717, 1.165) is 5.56 Å². The first-order valence-electron chi connectivity index (χ1n) is 9.49. The average molecular weight is 415 g/mol. The van der Waals surface area contributed by atoms with E-state index in [-0.39, 0.29) is 58.5 Å². The molecule has 1 aliphatic carbocycles. The molecule has 30 heavy (non-hydrogen) atoms. The molecule has 0 bridgehead atoms. The summed E-state index contributed by atoms with van der Waals surface area (Å²) in [6.07, 6.45) is 0. The molecule has 3 rings (SSSR count). The Bertz CT molecular complexity index is 964. The minimum absolute atomic E-state index is 0.0630. The quantitative estimate of drug-likeness (QED) is 0.538. The number of carbonyl (C=O) groups is 2. The first-order valence-corrected chi connectivity index (χ1v) is 9.49. The summed E-state index contributed by atoms with van der Waals surface area (Å²) in [7, 11) is 4.35. The van der Waals surface area contributed by atoms with Crippen LogP contribution in [0.25, 0.3) is 0 Å². The summed E-state index contributed by atoms with van der Waals surface area (Å²) < 4.78 is 16.0. The van der Waals surface area contributed by atoms with Gasteiger partial charge in [0.05, 0.1) is 45.7 Å². The molecular formula is C22H25NO7. The molecule has 0 saturated carbocycles. The highest BCUT2D eigenvalue weighted by Gasteiger charge is 2.36. The Hall–Kier alpha value is -2.94. The largest absolute Gasteiger partial charge is 0.497 e. The van der Waals surface area contributed by atoms with Crippen LogP contribution in [-0.4, -0.2) is 74.3 Å². The monoisotopic (exact) mass is 415 g/mol. The van der Waals surface area contributed by atoms with E-state index in [2.05, 4.69) is 0 Å². The summed E-state index contributed by atoms with van der Waals surface area (Å²) in [5, 5.41) is 18.5. The summed E-state index contributed by atoms with van der Waals surface area (Å²) in [6, 6.07) is 6.46. The Morgan fingerprint density at radius 2 is 1.33 bits per heavy atom. The van der Waals surface area contributed by atoms with Gasteiger partial charge in [0.1, 0.15) is 17.2 Å². The summed E-state index contributed by atoms with van der Waals surface area (Å²) in [5.41, 5.74) is 1.56. The number of hydrogen-bond donors (Lipinski definition) is 2. The highest BCUT2D eigenvalue weighted by molar-refractivity contribution is 6.30. The van der Waals surface area contributed by atoms with E-state index in [1.54, 1.807) is 18.2 Å². The van der Waals surface area contributed by atoms with Gasteiger partial charge in [-0.05, 0) is 23.8 Å². The van der Waals surface area contributed by atoms with Gasteiger partial charge in [0.25, 0.3) is 0 Å². The molecule has 0 atom stereocenters. The van der Waals surface area contributed by atoms with Crippen LogP contribution in [0.3, 0.4) is 0 Å². The Morgan fingerprint density at radius 1 is 0.767 bits per heavy atom. The molecule has 0 aromatic heterocycles. The van der Waals surface area contributed by atoms with Gasteiger partial charge in [-0.3, -0.25) is 14.5 Å². The Kier molecular flexibility index (Phi) is 6.71. The molecule has 0 saturated heterocycles. The van der Waals surface area contributed by atoms with E-state index in [4.69, 9.17) is 14.2 Å². The maximum atomic E-state index is 13.3. The number of benzene rings is 2. The maximum absolute atomic E-state index is 13.3. The number of methoxy groups -OCH3 is 3. The second-order valence-electron chi connectivity index (χ2n) is 6.85. The lowest BCUT2D eigenvalue weighted by molar-refractivity contribution is 0.0973. The molecule has 0 unspecified atom stereocenters. The molecule has 8 nitrogen and oxygen atoms in total. The number of ether oxygens (including phenoxy) is 3. The van der Waals surface area contributed by atoms with E-state index >= 15 is 0 Å². The van der Waals surface area contributed by atoms with Gasteiger partial charge in [-0.15, -0.1) is 0 Å². The lowest BCUT2D eigenvalue weighted by Gasteiger charge is -2.25. The Labute approximate surface area is 174 Å². The number of nitrogens with zero attached hydrogens (tertiary/aromatic N) is 1. The third-order valence-corrected chi connectivity index (χ3v) is 5.10. The van der Waals surface area contributed by atoms with Crippen molar-refractivity contribution in [2.45, 2.75) is 6.54 Å². The summed E-state index contributed by atoms with van der Waals surface area (Å²) in [6.45, 7) is 0.980. The predicted octanol–water partition coefficient (Wildman–Crippen LogP) is 1.27. The molecule has 0 fully saturated rings. The van der Waals surface area contributed by atoms with E-state index in [1.165, 1.54) is 27.4 Å². The van der Waals surface area contributed by atoms with Crippen molar-refractivity contribution in [1.29, 1.82) is 0 Å². The number of aliphatic hydroxyl groups is 2. The van der Waals surface area contributed by atoms with Crippen LogP contribution in [0.5, 0.6) is 17.2 Å². The van der Waals surface area contributed by atoms with Crippen LogP contribution in [0.1, 0.15) is 37.4 Å². The van der Waals surface area contributed by atoms with E-state index in [1.807, 2.05) is 4.90 Å². The van der Waals surface area contributed by atoms with Crippen molar-refractivity contribution in [2.75, 3.05) is 47.6 Å². The first-order chi connectivity index (χ1) is 14.5. The maximum Gasteiger partial charge on any atom is 0.201 e. The highest BCUT2D eigenvalue weighted by atomic mass is 16.5. The number of fused-ring (bicyclic) bond motifs is 2. The molecular weight excluding hydrogens is 390 g/mol. The van der Waals surface area contributed by atoms with Crippen LogP contribution in [0.2, 0.25) is 0 Å². The van der Waals surface area contributed by atoms with Crippen molar-refractivity contribution in [2.24, 2.45) is 0 Å². The fourth-order valence-corrected chi connectivity index (χ4v) is 3.70. The van der Waals surface area contributed by atoms with E-state index in [0.29, 0.717) is 25.4 Å². The summed E-state index contributed by atoms with van der Waals surface area (Å²) in [5.74, 6) is 0.280. The summed E-state index contributed by atoms with van der Waals surface area (Å²) >= 11 is 0. The number of rotatable bonds is 9. The number of hydrogen-bond acceptors (Lipinski definition) is 8. The molecule has 2 N–H and O–H groups in total. The molecule has 160 valence electrons. The molecule has 1 aliphatic rings. The van der Waals surface area contributed by atoms with Crippen molar-refractivity contribution >= 4 is 11.6 Å². The minimum Gasteiger partial charge on any atom is -0.497 e. The molecule has 0 amide bonds. The Balaban J connectivity index is 2.13. The third kappa shape index (κ3) is 3.89. The van der Waals surface area contributed by atoms with Gasteiger partial charge in [-0.1, -0.05) is 0 Å². The smallest absolute Gasteiger partial charge is 0.201 e. The predicted molar refractivity (Wildman–Crippen MR) is 109 cm³/mol. The lowest BCUT2D eigenvalue weighted by atomic mass is 9.82. The van der Waals surface area contributed by atoms with Crippen molar-refractivity contribution in [1.82, 2.24) is 4.90 Å². The second kappa shape index (κ2) is 9.25. The zero-order chi connectivity index (χ0) is 21.8. The number of carbonyl (C=O) groups excluding carboxylic acids is 2. The average Bonchev–Trinajstić information content (AvgIpc) is 2.76. The molecule has 0 spiro atoms. The molecule has 8 heteroatoms. The van der Waals surface area contributed by atoms with Gasteiger partial charge < -0.3 is 24.4 Å². The fourth-order valence-electron chi connectivity index (χ4n) is 3.70. The standard InChI is InChI=1S/C22H25NO7/c1-28-14-10-16-20(18(11-14)30-3)22(27)19-15(21(16)26)8-13(9-17(19)29-2)12-23(4-6-24)5-7-25/h8-11,24-25H,4-7,12H2,1-3H3. The lowest BCUT2D eigenvalue weighted by Crippen LogP contribution is -2.30. The molecule has 0 radical (unpaired) electrons. The zero-order valence-electron chi connectivity index (χ0n) is 17.2. The normalized spacial score (nSPS) is 12.6. The highest BCUT2D eigenvalue weighted by Crippen LogP contribution is 2.40. The van der Waals surface area contributed by atoms with Crippen LogP contribution in [0.15, 0.2) is 24.3 Å². The Morgan fingerprint density at radius 3 is 1.87 bits per heavy atom. The molecule has 0 aliphatic heterocycles. The van der Waals surface area contributed by atoms with Crippen LogP contribution in [0.4, 0.5) is 0 Å². The van der Waals surface area contributed by atoms with Gasteiger partial charge in [0.15, 0.2) is 5.78 Å². The van der Waals surface area contributed by atoms with Gasteiger partial charge in [-0.2, -0.15) is 0 Å². The number of aliphatic hydroxyl groups excluding tert-OH is 2. The molecule has 0 heterocycles. The SMILES string of the molecule is COc1cc(OC)c2c(c1)C(=O)c1cc(CN(CCO)CCO)cc(OC)c1C2=O. The zero-order valence-corrected chi connectivity index (χ0v) is 17.2. The van der Waals surface area contributed by atoms with Crippen LogP contribution in [0, 0.1) is 0 Å². The van der Waals surface area contributed by atoms with Crippen molar-refractivity contribution in [3.63, 3.8) is 0 Å². The number of ketones is 2.